The Bertz CT molecular complexity index is 998. The van der Waals surface area contributed by atoms with Crippen LogP contribution in [0.3, 0.4) is 0 Å². The summed E-state index contributed by atoms with van der Waals surface area (Å²) < 4.78 is 5.33. The van der Waals surface area contributed by atoms with Gasteiger partial charge in [0.1, 0.15) is 0 Å². The number of benzene rings is 2. The van der Waals surface area contributed by atoms with Gasteiger partial charge in [0.15, 0.2) is 6.10 Å². The SMILES string of the molecule is CCc1ccc(C(=O)[C@H](C)OC(=O)CSc2cc(C)c3ccccc3n2)cc1. The molecule has 0 saturated heterocycles. The molecule has 0 amide bonds. The summed E-state index contributed by atoms with van der Waals surface area (Å²) >= 11 is 1.32. The number of para-hydroxylation sites is 1. The van der Waals surface area contributed by atoms with Gasteiger partial charge in [-0.2, -0.15) is 0 Å². The second-order valence-electron chi connectivity index (χ2n) is 6.63. The normalized spacial score (nSPS) is 12.0. The Balaban J connectivity index is 1.58. The maximum absolute atomic E-state index is 12.4. The smallest absolute Gasteiger partial charge is 0.317 e. The van der Waals surface area contributed by atoms with E-state index in [-0.39, 0.29) is 11.5 Å². The van der Waals surface area contributed by atoms with Crippen LogP contribution in [0, 0.1) is 6.92 Å². The summed E-state index contributed by atoms with van der Waals surface area (Å²) in [5.41, 5.74) is 3.73. The summed E-state index contributed by atoms with van der Waals surface area (Å²) in [4.78, 5) is 29.2. The standard InChI is InChI=1S/C23H23NO3S/c1-4-17-9-11-18(12-10-17)23(26)16(3)27-22(25)14-28-21-13-15(2)19-7-5-6-8-20(19)24-21/h5-13,16H,4,14H2,1-3H3/t16-/m0/s1. The fourth-order valence-corrected chi connectivity index (χ4v) is 3.71. The number of thioether (sulfide) groups is 1. The van der Waals surface area contributed by atoms with Crippen molar-refractivity contribution in [2.75, 3.05) is 5.75 Å². The lowest BCUT2D eigenvalue weighted by Crippen LogP contribution is -2.25. The highest BCUT2D eigenvalue weighted by Gasteiger charge is 2.19. The number of carbonyl (C=O) groups excluding carboxylic acids is 2. The van der Waals surface area contributed by atoms with E-state index in [1.54, 1.807) is 19.1 Å². The highest BCUT2D eigenvalue weighted by molar-refractivity contribution is 7.99. The topological polar surface area (TPSA) is 56.3 Å². The molecule has 144 valence electrons. The Labute approximate surface area is 169 Å². The van der Waals surface area contributed by atoms with E-state index in [2.05, 4.69) is 11.9 Å². The number of fused-ring (bicyclic) bond motifs is 1. The van der Waals surface area contributed by atoms with Gasteiger partial charge in [-0.05, 0) is 43.5 Å². The molecule has 0 aliphatic heterocycles. The van der Waals surface area contributed by atoms with Crippen LogP contribution in [0.15, 0.2) is 59.6 Å². The Morgan fingerprint density at radius 2 is 1.82 bits per heavy atom. The first-order chi connectivity index (χ1) is 13.5. The van der Waals surface area contributed by atoms with Crippen LogP contribution >= 0.6 is 11.8 Å². The molecule has 1 aromatic heterocycles. The van der Waals surface area contributed by atoms with Gasteiger partial charge in [-0.25, -0.2) is 4.98 Å². The van der Waals surface area contributed by atoms with Crippen LogP contribution in [0.5, 0.6) is 0 Å². The number of hydrogen-bond donors (Lipinski definition) is 0. The molecule has 0 saturated carbocycles. The summed E-state index contributed by atoms with van der Waals surface area (Å²) in [6.45, 7) is 5.69. The van der Waals surface area contributed by atoms with E-state index in [1.807, 2.05) is 49.4 Å². The van der Waals surface area contributed by atoms with E-state index in [1.165, 1.54) is 11.8 Å². The maximum atomic E-state index is 12.4. The van der Waals surface area contributed by atoms with Crippen LogP contribution in [0.25, 0.3) is 10.9 Å². The van der Waals surface area contributed by atoms with E-state index in [9.17, 15) is 9.59 Å². The largest absolute Gasteiger partial charge is 0.454 e. The van der Waals surface area contributed by atoms with Crippen molar-refractivity contribution < 1.29 is 14.3 Å². The van der Waals surface area contributed by atoms with Crippen molar-refractivity contribution in [1.82, 2.24) is 4.98 Å². The molecule has 28 heavy (non-hydrogen) atoms. The van der Waals surface area contributed by atoms with Crippen LogP contribution in [0.2, 0.25) is 0 Å². The van der Waals surface area contributed by atoms with Crippen molar-refractivity contribution in [3.8, 4) is 0 Å². The van der Waals surface area contributed by atoms with Gasteiger partial charge in [0.2, 0.25) is 5.78 Å². The molecule has 3 aromatic rings. The first kappa shape index (κ1) is 20.1. The Hall–Kier alpha value is -2.66. The van der Waals surface area contributed by atoms with Crippen molar-refractivity contribution in [2.45, 2.75) is 38.3 Å². The number of nitrogens with zero attached hydrogens (tertiary/aromatic N) is 1. The number of Topliss-reactive ketones (excluding diaryl/α,β-unsaturated/α-hetero) is 1. The molecule has 0 aliphatic carbocycles. The number of carbonyl (C=O) groups is 2. The molecule has 0 spiro atoms. The van der Waals surface area contributed by atoms with Crippen molar-refractivity contribution in [2.24, 2.45) is 0 Å². The fourth-order valence-electron chi connectivity index (χ4n) is 2.95. The molecule has 3 rings (SSSR count). The van der Waals surface area contributed by atoms with Gasteiger partial charge in [0.25, 0.3) is 0 Å². The molecular weight excluding hydrogens is 370 g/mol. The molecule has 4 nitrogen and oxygen atoms in total. The first-order valence-electron chi connectivity index (χ1n) is 9.29. The number of hydrogen-bond acceptors (Lipinski definition) is 5. The molecule has 0 radical (unpaired) electrons. The summed E-state index contributed by atoms with van der Waals surface area (Å²) in [5.74, 6) is -0.513. The molecule has 5 heteroatoms. The number of esters is 1. The molecule has 0 bridgehead atoms. The van der Waals surface area contributed by atoms with E-state index >= 15 is 0 Å². The van der Waals surface area contributed by atoms with E-state index < -0.39 is 12.1 Å². The lowest BCUT2D eigenvalue weighted by molar-refractivity contribution is -0.143. The van der Waals surface area contributed by atoms with Gasteiger partial charge in [0.05, 0.1) is 16.3 Å². The minimum Gasteiger partial charge on any atom is -0.454 e. The number of pyridine rings is 1. The van der Waals surface area contributed by atoms with E-state index in [0.29, 0.717) is 5.56 Å². The molecule has 0 fully saturated rings. The highest BCUT2D eigenvalue weighted by atomic mass is 32.2. The third kappa shape index (κ3) is 4.78. The number of aryl methyl sites for hydroxylation is 2. The van der Waals surface area contributed by atoms with E-state index in [0.717, 1.165) is 33.5 Å². The number of ether oxygens (including phenoxy) is 1. The summed E-state index contributed by atoms with van der Waals surface area (Å²) in [6.07, 6.45) is 0.102. The van der Waals surface area contributed by atoms with Crippen LogP contribution in [0.4, 0.5) is 0 Å². The monoisotopic (exact) mass is 393 g/mol. The average molecular weight is 394 g/mol. The summed E-state index contributed by atoms with van der Waals surface area (Å²) in [7, 11) is 0. The molecule has 1 atom stereocenters. The van der Waals surface area contributed by atoms with Gasteiger partial charge in [-0.15, -0.1) is 0 Å². The van der Waals surface area contributed by atoms with Crippen LogP contribution in [-0.4, -0.2) is 28.6 Å². The first-order valence-corrected chi connectivity index (χ1v) is 10.3. The van der Waals surface area contributed by atoms with Crippen molar-refractivity contribution in [3.05, 3.63) is 71.3 Å². The lowest BCUT2D eigenvalue weighted by Gasteiger charge is -2.13. The van der Waals surface area contributed by atoms with Crippen molar-refractivity contribution >= 4 is 34.4 Å². The minimum absolute atomic E-state index is 0.108. The molecule has 0 unspecified atom stereocenters. The van der Waals surface area contributed by atoms with Crippen LogP contribution in [0.1, 0.15) is 35.3 Å². The Morgan fingerprint density at radius 3 is 2.54 bits per heavy atom. The summed E-state index contributed by atoms with van der Waals surface area (Å²) in [5, 5.41) is 1.87. The van der Waals surface area contributed by atoms with Gasteiger partial charge in [-0.1, -0.05) is 61.2 Å². The zero-order chi connectivity index (χ0) is 20.1. The Kier molecular flexibility index (Phi) is 6.47. The molecule has 1 heterocycles. The number of rotatable bonds is 7. The lowest BCUT2D eigenvalue weighted by atomic mass is 10.0. The van der Waals surface area contributed by atoms with Gasteiger partial charge in [-0.3, -0.25) is 9.59 Å². The average Bonchev–Trinajstić information content (AvgIpc) is 2.72. The Morgan fingerprint density at radius 1 is 1.11 bits per heavy atom. The predicted octanol–water partition coefficient (Wildman–Crippen LogP) is 5.01. The molecule has 0 N–H and O–H groups in total. The second-order valence-corrected chi connectivity index (χ2v) is 7.63. The van der Waals surface area contributed by atoms with Crippen LogP contribution in [-0.2, 0) is 16.0 Å². The van der Waals surface area contributed by atoms with Crippen molar-refractivity contribution in [1.29, 1.82) is 0 Å². The third-order valence-corrected chi connectivity index (χ3v) is 5.45. The zero-order valence-electron chi connectivity index (χ0n) is 16.3. The minimum atomic E-state index is -0.813. The van der Waals surface area contributed by atoms with Gasteiger partial charge >= 0.3 is 5.97 Å². The highest BCUT2D eigenvalue weighted by Crippen LogP contribution is 2.23. The molecule has 0 aliphatic rings. The number of aromatic nitrogens is 1. The molecular formula is C23H23NO3S. The van der Waals surface area contributed by atoms with Gasteiger partial charge in [0, 0.05) is 10.9 Å². The van der Waals surface area contributed by atoms with E-state index in [4.69, 9.17) is 4.74 Å². The van der Waals surface area contributed by atoms with Crippen molar-refractivity contribution in [3.63, 3.8) is 0 Å². The number of ketones is 1. The fraction of sp³-hybridized carbons (Fsp3) is 0.261. The van der Waals surface area contributed by atoms with Crippen LogP contribution < -0.4 is 0 Å². The van der Waals surface area contributed by atoms with Gasteiger partial charge < -0.3 is 4.74 Å². The molecule has 2 aromatic carbocycles. The quantitative estimate of drug-likeness (QED) is 0.321. The predicted molar refractivity (Wildman–Crippen MR) is 113 cm³/mol. The second kappa shape index (κ2) is 9.02. The summed E-state index contributed by atoms with van der Waals surface area (Å²) in [6, 6.07) is 17.3. The zero-order valence-corrected chi connectivity index (χ0v) is 17.1. The maximum Gasteiger partial charge on any atom is 0.317 e. The third-order valence-electron chi connectivity index (χ3n) is 4.56.